The lowest BCUT2D eigenvalue weighted by molar-refractivity contribution is 0.125. The molecule has 11 heteroatoms. The number of aromatic hydroxyl groups is 1. The first-order valence-corrected chi connectivity index (χ1v) is 17.6. The number of aromatic nitrogens is 2. The zero-order chi connectivity index (χ0) is 32.2. The predicted molar refractivity (Wildman–Crippen MR) is 191 cm³/mol. The standard InChI is InChI=1S/C35H37ClN6O2S2/c1-21-37-28(18-45-21)40-33(44)39-24-9-5-6-11-26(24)42-20-35(14-16-41(17-15-35)19-34(2,3)4)29-22(12-13-27(43)30(29)42)32-38-25-10-7-8-23(36)31(25)46-32/h5-13,18,43H,14-17,19-20H2,1-4H3,(H2,39,40,44). The van der Waals surface area contributed by atoms with Crippen LogP contribution in [-0.2, 0) is 5.41 Å². The summed E-state index contributed by atoms with van der Waals surface area (Å²) < 4.78 is 0.959. The molecular weight excluding hydrogens is 636 g/mol. The first kappa shape index (κ1) is 30.9. The Morgan fingerprint density at radius 1 is 1.04 bits per heavy atom. The van der Waals surface area contributed by atoms with Crippen LogP contribution in [0.5, 0.6) is 5.75 Å². The van der Waals surface area contributed by atoms with Gasteiger partial charge < -0.3 is 20.2 Å². The topological polar surface area (TPSA) is 93.6 Å². The number of phenols is 1. The number of aryl methyl sites for hydroxylation is 1. The molecule has 0 unspecified atom stereocenters. The van der Waals surface area contributed by atoms with Crippen LogP contribution in [0.1, 0.15) is 44.2 Å². The maximum atomic E-state index is 13.1. The first-order chi connectivity index (χ1) is 22.0. The van der Waals surface area contributed by atoms with Crippen molar-refractivity contribution < 1.29 is 9.90 Å². The molecule has 1 spiro atoms. The Labute approximate surface area is 282 Å². The Morgan fingerprint density at radius 2 is 1.83 bits per heavy atom. The molecule has 1 fully saturated rings. The molecule has 0 radical (unpaired) electrons. The molecule has 0 bridgehead atoms. The lowest BCUT2D eigenvalue weighted by Gasteiger charge is -2.42. The van der Waals surface area contributed by atoms with E-state index in [-0.39, 0.29) is 22.6 Å². The molecule has 2 amide bonds. The SMILES string of the molecule is Cc1nc(NC(=O)Nc2ccccc2N2CC3(CCN(CC(C)(C)C)CC3)c3c(-c4nc5cccc(Cl)c5s4)ccc(O)c32)cs1. The number of likely N-dealkylation sites (tertiary alicyclic amines) is 1. The van der Waals surface area contributed by atoms with Crippen LogP contribution in [0.2, 0.25) is 5.02 Å². The minimum absolute atomic E-state index is 0.205. The Bertz CT molecular complexity index is 1940. The number of halogens is 1. The van der Waals surface area contributed by atoms with Crippen molar-refractivity contribution >= 4 is 73.4 Å². The smallest absolute Gasteiger partial charge is 0.324 e. The number of hydrogen-bond acceptors (Lipinski definition) is 8. The minimum atomic E-state index is -0.369. The number of phenolic OH excluding ortho intramolecular Hbond substituents is 1. The van der Waals surface area contributed by atoms with E-state index >= 15 is 0 Å². The van der Waals surface area contributed by atoms with E-state index in [1.165, 1.54) is 11.3 Å². The number of urea groups is 1. The highest BCUT2D eigenvalue weighted by Gasteiger charge is 2.49. The summed E-state index contributed by atoms with van der Waals surface area (Å²) >= 11 is 9.67. The molecule has 3 N–H and O–H groups in total. The zero-order valence-corrected chi connectivity index (χ0v) is 28.7. The number of hydrogen-bond donors (Lipinski definition) is 3. The van der Waals surface area contributed by atoms with Gasteiger partial charge in [0.05, 0.1) is 37.3 Å². The predicted octanol–water partition coefficient (Wildman–Crippen LogP) is 9.26. The molecule has 2 aliphatic rings. The molecule has 2 aliphatic heterocycles. The van der Waals surface area contributed by atoms with Crippen LogP contribution in [0.25, 0.3) is 20.8 Å². The number of para-hydroxylation sites is 2. The van der Waals surface area contributed by atoms with Crippen molar-refractivity contribution in [3.8, 4) is 16.3 Å². The van der Waals surface area contributed by atoms with E-state index in [2.05, 4.69) is 46.2 Å². The maximum Gasteiger partial charge on any atom is 0.324 e. The number of thiazole rings is 2. The van der Waals surface area contributed by atoms with E-state index in [4.69, 9.17) is 16.6 Å². The molecule has 2 aromatic heterocycles. The van der Waals surface area contributed by atoms with Gasteiger partial charge in [-0.1, -0.05) is 50.6 Å². The minimum Gasteiger partial charge on any atom is -0.506 e. The summed E-state index contributed by atoms with van der Waals surface area (Å²) in [4.78, 5) is 27.3. The van der Waals surface area contributed by atoms with E-state index in [0.717, 1.165) is 75.2 Å². The Hall–Kier alpha value is -3.70. The van der Waals surface area contributed by atoms with Crippen LogP contribution in [-0.4, -0.2) is 52.2 Å². The van der Waals surface area contributed by atoms with Crippen molar-refractivity contribution in [3.05, 3.63) is 75.6 Å². The molecule has 4 heterocycles. The Morgan fingerprint density at radius 3 is 2.54 bits per heavy atom. The first-order valence-electron chi connectivity index (χ1n) is 15.5. The summed E-state index contributed by atoms with van der Waals surface area (Å²) in [6, 6.07) is 17.0. The molecule has 0 aliphatic carbocycles. The molecule has 7 rings (SSSR count). The van der Waals surface area contributed by atoms with E-state index < -0.39 is 0 Å². The van der Waals surface area contributed by atoms with Gasteiger partial charge in [0.2, 0.25) is 0 Å². The third-order valence-electron chi connectivity index (χ3n) is 8.83. The summed E-state index contributed by atoms with van der Waals surface area (Å²) in [6.07, 6.45) is 1.88. The fraction of sp³-hybridized carbons (Fsp3) is 0.343. The van der Waals surface area contributed by atoms with Gasteiger partial charge in [0.15, 0.2) is 0 Å². The van der Waals surface area contributed by atoms with Gasteiger partial charge in [-0.25, -0.2) is 14.8 Å². The van der Waals surface area contributed by atoms with E-state index in [1.54, 1.807) is 17.4 Å². The fourth-order valence-electron chi connectivity index (χ4n) is 6.99. The highest BCUT2D eigenvalue weighted by molar-refractivity contribution is 7.22. The maximum absolute atomic E-state index is 13.1. The second-order valence-electron chi connectivity index (χ2n) is 13.5. The van der Waals surface area contributed by atoms with Gasteiger partial charge >= 0.3 is 6.03 Å². The van der Waals surface area contributed by atoms with E-state index in [1.807, 2.05) is 60.8 Å². The van der Waals surface area contributed by atoms with Crippen LogP contribution in [0.4, 0.5) is 27.7 Å². The summed E-state index contributed by atoms with van der Waals surface area (Å²) in [5, 5.41) is 21.8. The molecule has 8 nitrogen and oxygen atoms in total. The summed E-state index contributed by atoms with van der Waals surface area (Å²) in [7, 11) is 0. The average molecular weight is 673 g/mol. The normalized spacial score (nSPS) is 16.2. The summed E-state index contributed by atoms with van der Waals surface area (Å²) in [5.41, 5.74) is 5.24. The van der Waals surface area contributed by atoms with Crippen molar-refractivity contribution in [1.29, 1.82) is 0 Å². The molecule has 5 aromatic rings. The molecule has 238 valence electrons. The quantitative estimate of drug-likeness (QED) is 0.172. The van der Waals surface area contributed by atoms with Gasteiger partial charge in [-0.05, 0) is 80.2 Å². The molecular formula is C35H37ClN6O2S2. The highest BCUT2D eigenvalue weighted by Crippen LogP contribution is 2.57. The number of fused-ring (bicyclic) bond motifs is 3. The Balaban J connectivity index is 1.32. The molecule has 3 aromatic carbocycles. The molecule has 1 saturated heterocycles. The number of anilines is 4. The van der Waals surface area contributed by atoms with Crippen LogP contribution in [0.15, 0.2) is 60.0 Å². The largest absolute Gasteiger partial charge is 0.506 e. The van der Waals surface area contributed by atoms with Gasteiger partial charge in [-0.3, -0.25) is 5.32 Å². The van der Waals surface area contributed by atoms with Gasteiger partial charge in [0, 0.05) is 29.4 Å². The van der Waals surface area contributed by atoms with Gasteiger partial charge in [-0.15, -0.1) is 22.7 Å². The highest BCUT2D eigenvalue weighted by atomic mass is 35.5. The van der Waals surface area contributed by atoms with Crippen molar-refractivity contribution in [1.82, 2.24) is 14.9 Å². The fourth-order valence-corrected chi connectivity index (χ4v) is 8.82. The van der Waals surface area contributed by atoms with Gasteiger partial charge in [0.1, 0.15) is 16.6 Å². The van der Waals surface area contributed by atoms with Crippen LogP contribution in [0, 0.1) is 12.3 Å². The van der Waals surface area contributed by atoms with E-state index in [9.17, 15) is 9.90 Å². The lowest BCUT2D eigenvalue weighted by Crippen LogP contribution is -2.47. The molecule has 46 heavy (non-hydrogen) atoms. The third kappa shape index (κ3) is 5.83. The number of carbonyl (C=O) groups is 1. The van der Waals surface area contributed by atoms with Crippen molar-refractivity contribution in [2.45, 2.75) is 46.0 Å². The lowest BCUT2D eigenvalue weighted by atomic mass is 9.72. The summed E-state index contributed by atoms with van der Waals surface area (Å²) in [5.74, 6) is 0.729. The van der Waals surface area contributed by atoms with Gasteiger partial charge in [-0.2, -0.15) is 0 Å². The number of rotatable bonds is 5. The van der Waals surface area contributed by atoms with Crippen LogP contribution < -0.4 is 15.5 Å². The number of benzene rings is 3. The average Bonchev–Trinajstić information content (AvgIpc) is 3.71. The monoisotopic (exact) mass is 672 g/mol. The number of piperidine rings is 1. The van der Waals surface area contributed by atoms with Crippen LogP contribution in [0.3, 0.4) is 0 Å². The number of amides is 2. The number of nitrogens with zero attached hydrogens (tertiary/aromatic N) is 4. The summed E-state index contributed by atoms with van der Waals surface area (Å²) in [6.45, 7) is 12.4. The second kappa shape index (κ2) is 11.8. The third-order valence-corrected chi connectivity index (χ3v) is 11.2. The van der Waals surface area contributed by atoms with Crippen LogP contribution >= 0.6 is 34.3 Å². The van der Waals surface area contributed by atoms with Crippen molar-refractivity contribution in [2.24, 2.45) is 5.41 Å². The second-order valence-corrected chi connectivity index (χ2v) is 16.0. The van der Waals surface area contributed by atoms with Gasteiger partial charge in [0.25, 0.3) is 0 Å². The molecule has 0 atom stereocenters. The number of nitrogens with one attached hydrogen (secondary N) is 2. The Kier molecular flexibility index (Phi) is 7.95. The number of carbonyl (C=O) groups excluding carboxylic acids is 1. The molecule has 0 saturated carbocycles. The zero-order valence-electron chi connectivity index (χ0n) is 26.4. The van der Waals surface area contributed by atoms with Crippen molar-refractivity contribution in [3.63, 3.8) is 0 Å². The van der Waals surface area contributed by atoms with E-state index in [0.29, 0.717) is 23.1 Å². The van der Waals surface area contributed by atoms with Crippen molar-refractivity contribution in [2.75, 3.05) is 41.7 Å².